The van der Waals surface area contributed by atoms with Gasteiger partial charge in [-0.25, -0.2) is 0 Å². The van der Waals surface area contributed by atoms with Crippen molar-refractivity contribution in [3.8, 4) is 0 Å². The molecular weight excluding hydrogens is 234 g/mol. The van der Waals surface area contributed by atoms with E-state index in [1.54, 1.807) is 0 Å². The molecule has 2 heteroatoms. The van der Waals surface area contributed by atoms with Crippen LogP contribution in [0.2, 0.25) is 0 Å². The van der Waals surface area contributed by atoms with E-state index in [9.17, 15) is 4.79 Å². The molecule has 0 bridgehead atoms. The van der Waals surface area contributed by atoms with Gasteiger partial charge in [0.05, 0.1) is 0 Å². The molecule has 0 atom stereocenters. The van der Waals surface area contributed by atoms with Gasteiger partial charge in [0.15, 0.2) is 0 Å². The predicted molar refractivity (Wildman–Crippen MR) is 79.2 cm³/mol. The highest BCUT2D eigenvalue weighted by Crippen LogP contribution is 2.29. The fourth-order valence-corrected chi connectivity index (χ4v) is 3.29. The van der Waals surface area contributed by atoms with E-state index in [-0.39, 0.29) is 11.3 Å². The first-order valence-corrected chi connectivity index (χ1v) is 7.35. The van der Waals surface area contributed by atoms with Crippen LogP contribution in [0.15, 0.2) is 18.2 Å². The van der Waals surface area contributed by atoms with Crippen molar-refractivity contribution in [1.29, 1.82) is 0 Å². The summed E-state index contributed by atoms with van der Waals surface area (Å²) in [5, 5.41) is 0. The lowest BCUT2D eigenvalue weighted by molar-refractivity contribution is -0.119. The van der Waals surface area contributed by atoms with Gasteiger partial charge in [-0.2, -0.15) is 0 Å². The first-order valence-electron chi connectivity index (χ1n) is 7.35. The quantitative estimate of drug-likeness (QED) is 0.899. The summed E-state index contributed by atoms with van der Waals surface area (Å²) in [6, 6.07) is 6.35. The van der Waals surface area contributed by atoms with Crippen LogP contribution in [0.25, 0.3) is 0 Å². The molecule has 19 heavy (non-hydrogen) atoms. The minimum Gasteiger partial charge on any atom is -0.325 e. The molecule has 0 saturated heterocycles. The lowest BCUT2D eigenvalue weighted by atomic mass is 9.78. The zero-order valence-electron chi connectivity index (χ0n) is 12.2. The number of nitrogens with two attached hydrogens (primary N) is 1. The monoisotopic (exact) mass is 259 g/mol. The molecule has 0 aliphatic heterocycles. The van der Waals surface area contributed by atoms with Crippen molar-refractivity contribution < 1.29 is 4.79 Å². The van der Waals surface area contributed by atoms with Crippen LogP contribution in [0, 0.1) is 13.8 Å². The van der Waals surface area contributed by atoms with E-state index in [1.807, 2.05) is 0 Å². The van der Waals surface area contributed by atoms with Crippen molar-refractivity contribution in [1.82, 2.24) is 0 Å². The summed E-state index contributed by atoms with van der Waals surface area (Å²) in [4.78, 5) is 12.2. The Balaban J connectivity index is 1.97. The summed E-state index contributed by atoms with van der Waals surface area (Å²) in [6.07, 6.45) is 6.70. The summed E-state index contributed by atoms with van der Waals surface area (Å²) >= 11 is 0. The Kier molecular flexibility index (Phi) is 4.41. The Labute approximate surface area is 116 Å². The number of Topliss-reactive ketones (excluding diaryl/α,β-unsaturated/α-hetero) is 1. The second-order valence-electron chi connectivity index (χ2n) is 6.31. The number of aryl methyl sites for hydroxylation is 2. The van der Waals surface area contributed by atoms with Gasteiger partial charge in [0, 0.05) is 18.4 Å². The van der Waals surface area contributed by atoms with Gasteiger partial charge < -0.3 is 5.73 Å². The van der Waals surface area contributed by atoms with Crippen LogP contribution in [0.4, 0.5) is 0 Å². The molecule has 0 amide bonds. The second-order valence-corrected chi connectivity index (χ2v) is 6.31. The molecule has 1 aliphatic carbocycles. The van der Waals surface area contributed by atoms with E-state index in [0.29, 0.717) is 12.8 Å². The molecule has 0 aromatic heterocycles. The zero-order valence-corrected chi connectivity index (χ0v) is 12.2. The standard InChI is InChI=1S/C17H25NO/c1-13-8-14(2)10-15(9-13)11-16(19)12-17(18)6-4-3-5-7-17/h8-10H,3-7,11-12,18H2,1-2H3. The van der Waals surface area contributed by atoms with E-state index < -0.39 is 0 Å². The zero-order chi connectivity index (χ0) is 13.9. The van der Waals surface area contributed by atoms with Gasteiger partial charge in [0.2, 0.25) is 0 Å². The molecule has 1 fully saturated rings. The Bertz CT molecular complexity index is 438. The predicted octanol–water partition coefficient (Wildman–Crippen LogP) is 3.47. The molecule has 1 aromatic rings. The van der Waals surface area contributed by atoms with Crippen LogP contribution < -0.4 is 5.73 Å². The second kappa shape index (κ2) is 5.87. The molecule has 0 heterocycles. The molecule has 2 N–H and O–H groups in total. The maximum atomic E-state index is 12.2. The number of benzene rings is 1. The molecular formula is C17H25NO. The van der Waals surface area contributed by atoms with Crippen molar-refractivity contribution >= 4 is 5.78 Å². The van der Waals surface area contributed by atoms with Gasteiger partial charge in [-0.05, 0) is 32.3 Å². The van der Waals surface area contributed by atoms with Crippen molar-refractivity contribution in [3.05, 3.63) is 34.9 Å². The van der Waals surface area contributed by atoms with Crippen LogP contribution in [0.5, 0.6) is 0 Å². The maximum Gasteiger partial charge on any atom is 0.139 e. The third-order valence-electron chi connectivity index (χ3n) is 4.08. The minimum atomic E-state index is -0.228. The number of hydrogen-bond acceptors (Lipinski definition) is 2. The highest BCUT2D eigenvalue weighted by atomic mass is 16.1. The largest absolute Gasteiger partial charge is 0.325 e. The van der Waals surface area contributed by atoms with Gasteiger partial charge in [-0.1, -0.05) is 48.6 Å². The SMILES string of the molecule is Cc1cc(C)cc(CC(=O)CC2(N)CCCCC2)c1. The van der Waals surface area contributed by atoms with Crippen LogP contribution in [0.1, 0.15) is 55.2 Å². The molecule has 2 rings (SSSR count). The fraction of sp³-hybridized carbons (Fsp3) is 0.588. The summed E-state index contributed by atoms with van der Waals surface area (Å²) < 4.78 is 0. The maximum absolute atomic E-state index is 12.2. The topological polar surface area (TPSA) is 43.1 Å². The van der Waals surface area contributed by atoms with Crippen molar-refractivity contribution in [2.24, 2.45) is 5.73 Å². The Morgan fingerprint density at radius 3 is 2.26 bits per heavy atom. The first-order chi connectivity index (χ1) is 8.97. The van der Waals surface area contributed by atoms with Gasteiger partial charge >= 0.3 is 0 Å². The fourth-order valence-electron chi connectivity index (χ4n) is 3.29. The average molecular weight is 259 g/mol. The molecule has 1 aromatic carbocycles. The Hall–Kier alpha value is -1.15. The molecule has 2 nitrogen and oxygen atoms in total. The highest BCUT2D eigenvalue weighted by molar-refractivity contribution is 5.82. The van der Waals surface area contributed by atoms with Crippen LogP contribution in [-0.2, 0) is 11.2 Å². The smallest absolute Gasteiger partial charge is 0.139 e. The van der Waals surface area contributed by atoms with Crippen molar-refractivity contribution in [2.45, 2.75) is 64.3 Å². The highest BCUT2D eigenvalue weighted by Gasteiger charge is 2.29. The molecule has 1 aliphatic rings. The minimum absolute atomic E-state index is 0.228. The van der Waals surface area contributed by atoms with E-state index in [0.717, 1.165) is 18.4 Å². The van der Waals surface area contributed by atoms with E-state index in [2.05, 4.69) is 32.0 Å². The van der Waals surface area contributed by atoms with Crippen molar-refractivity contribution in [2.75, 3.05) is 0 Å². The normalized spacial score (nSPS) is 18.3. The lowest BCUT2D eigenvalue weighted by Crippen LogP contribution is -2.43. The van der Waals surface area contributed by atoms with Gasteiger partial charge in [0.1, 0.15) is 5.78 Å². The van der Waals surface area contributed by atoms with E-state index in [4.69, 9.17) is 5.73 Å². The Morgan fingerprint density at radius 2 is 1.68 bits per heavy atom. The van der Waals surface area contributed by atoms with Crippen LogP contribution >= 0.6 is 0 Å². The first kappa shape index (κ1) is 14.3. The summed E-state index contributed by atoms with van der Waals surface area (Å²) in [5.74, 6) is 0.286. The third kappa shape index (κ3) is 4.17. The lowest BCUT2D eigenvalue weighted by Gasteiger charge is -2.32. The van der Waals surface area contributed by atoms with E-state index in [1.165, 1.54) is 30.4 Å². The number of hydrogen-bond donors (Lipinski definition) is 1. The number of ketones is 1. The van der Waals surface area contributed by atoms with Crippen LogP contribution in [-0.4, -0.2) is 11.3 Å². The number of rotatable bonds is 4. The summed E-state index contributed by atoms with van der Waals surface area (Å²) in [7, 11) is 0. The summed E-state index contributed by atoms with van der Waals surface area (Å²) in [5.41, 5.74) is 9.70. The van der Waals surface area contributed by atoms with Crippen LogP contribution in [0.3, 0.4) is 0 Å². The molecule has 104 valence electrons. The van der Waals surface area contributed by atoms with Crippen molar-refractivity contribution in [3.63, 3.8) is 0 Å². The van der Waals surface area contributed by atoms with Gasteiger partial charge in [-0.3, -0.25) is 4.79 Å². The third-order valence-corrected chi connectivity index (χ3v) is 4.08. The summed E-state index contributed by atoms with van der Waals surface area (Å²) in [6.45, 7) is 4.15. The molecule has 1 saturated carbocycles. The Morgan fingerprint density at radius 1 is 1.11 bits per heavy atom. The molecule has 0 spiro atoms. The molecule has 0 unspecified atom stereocenters. The van der Waals surface area contributed by atoms with E-state index >= 15 is 0 Å². The van der Waals surface area contributed by atoms with Gasteiger partial charge in [0.25, 0.3) is 0 Å². The number of carbonyl (C=O) groups excluding carboxylic acids is 1. The van der Waals surface area contributed by atoms with Gasteiger partial charge in [-0.15, -0.1) is 0 Å². The molecule has 0 radical (unpaired) electrons. The average Bonchev–Trinajstić information content (AvgIpc) is 2.27. The number of carbonyl (C=O) groups is 1.